The van der Waals surface area contributed by atoms with Gasteiger partial charge in [-0.1, -0.05) is 0 Å². The molecule has 4 rings (SSSR count). The Hall–Kier alpha value is -2.84. The summed E-state index contributed by atoms with van der Waals surface area (Å²) in [6, 6.07) is 4.00. The highest BCUT2D eigenvalue weighted by molar-refractivity contribution is 5.97. The van der Waals surface area contributed by atoms with Gasteiger partial charge in [-0.25, -0.2) is 0 Å². The molecule has 3 heterocycles. The van der Waals surface area contributed by atoms with Crippen LogP contribution in [-0.2, 0) is 33.3 Å². The molecule has 0 aliphatic carbocycles. The Kier molecular flexibility index (Phi) is 6.25. The minimum atomic E-state index is -1.13. The van der Waals surface area contributed by atoms with Crippen LogP contribution in [0, 0.1) is 10.1 Å². The third-order valence-electron chi connectivity index (χ3n) is 5.51. The van der Waals surface area contributed by atoms with Crippen LogP contribution in [0.25, 0.3) is 0 Å². The second-order valence-electron chi connectivity index (χ2n) is 9.00. The van der Waals surface area contributed by atoms with E-state index in [1.807, 2.05) is 0 Å². The summed E-state index contributed by atoms with van der Waals surface area (Å²) in [5.74, 6) is -2.94. The van der Waals surface area contributed by atoms with Crippen molar-refractivity contribution >= 4 is 23.2 Å². The van der Waals surface area contributed by atoms with E-state index in [-0.39, 0.29) is 17.1 Å². The quantitative estimate of drug-likeness (QED) is 0.445. The number of fused-ring (bicyclic) bond motifs is 3. The van der Waals surface area contributed by atoms with Crippen LogP contribution in [0.5, 0.6) is 5.75 Å². The van der Waals surface area contributed by atoms with Crippen molar-refractivity contribution in [2.75, 3.05) is 19.0 Å². The lowest BCUT2D eigenvalue weighted by Gasteiger charge is -2.36. The van der Waals surface area contributed by atoms with Crippen molar-refractivity contribution < 1.29 is 42.9 Å². The van der Waals surface area contributed by atoms with Gasteiger partial charge in [-0.05, 0) is 39.8 Å². The summed E-state index contributed by atoms with van der Waals surface area (Å²) in [5, 5.41) is 16.2. The van der Waals surface area contributed by atoms with Crippen LogP contribution in [0.4, 0.5) is 11.4 Å². The third kappa shape index (κ3) is 4.83. The Morgan fingerprint density at radius 1 is 1.06 bits per heavy atom. The number of hydrogen-bond donors (Lipinski definition) is 2. The summed E-state index contributed by atoms with van der Waals surface area (Å²) >= 11 is 0. The molecule has 3 fully saturated rings. The number of rotatable bonds is 6. The molecule has 0 saturated carbocycles. The summed E-state index contributed by atoms with van der Waals surface area (Å²) in [6.07, 6.45) is -4.00. The molecule has 2 amide bonds. The lowest BCUT2D eigenvalue weighted by Crippen LogP contribution is -2.59. The van der Waals surface area contributed by atoms with E-state index in [0.717, 1.165) is 0 Å². The maximum Gasteiger partial charge on any atom is 0.296 e. The van der Waals surface area contributed by atoms with Crippen molar-refractivity contribution in [3.05, 3.63) is 28.3 Å². The molecule has 3 aliphatic heterocycles. The molecule has 0 spiro atoms. The zero-order valence-corrected chi connectivity index (χ0v) is 19.4. The fourth-order valence-corrected chi connectivity index (χ4v) is 4.18. The Morgan fingerprint density at radius 2 is 1.71 bits per heavy atom. The van der Waals surface area contributed by atoms with Crippen LogP contribution in [0.1, 0.15) is 27.7 Å². The molecule has 0 aromatic heterocycles. The molecule has 0 unspecified atom stereocenters. The van der Waals surface area contributed by atoms with Gasteiger partial charge in [0.2, 0.25) is 5.91 Å². The number of hydrogen-bond acceptors (Lipinski definition) is 10. The SMILES string of the molecule is COc1ccc(NC(=O)CNC(=O)[C@@H]2O[C@@H]3OC(C)(C)O[C@@H]3[C@@H]3OC(C)(C)O[C@H]32)c([N+](=O)[O-])c1. The number of nitrogens with one attached hydrogen (secondary N) is 2. The van der Waals surface area contributed by atoms with Gasteiger partial charge >= 0.3 is 0 Å². The first kappa shape index (κ1) is 24.3. The first-order valence-electron chi connectivity index (χ1n) is 10.7. The predicted molar refractivity (Wildman–Crippen MR) is 114 cm³/mol. The highest BCUT2D eigenvalue weighted by Gasteiger charge is 2.62. The smallest absolute Gasteiger partial charge is 0.296 e. The van der Waals surface area contributed by atoms with E-state index in [9.17, 15) is 19.7 Å². The minimum absolute atomic E-state index is 0.0325. The number of amides is 2. The monoisotopic (exact) mass is 481 g/mol. The number of anilines is 1. The summed E-state index contributed by atoms with van der Waals surface area (Å²) in [5.41, 5.74) is -0.377. The molecule has 13 nitrogen and oxygen atoms in total. The van der Waals surface area contributed by atoms with E-state index >= 15 is 0 Å². The zero-order valence-electron chi connectivity index (χ0n) is 19.4. The van der Waals surface area contributed by atoms with Crippen LogP contribution in [0.15, 0.2) is 18.2 Å². The van der Waals surface area contributed by atoms with Crippen molar-refractivity contribution in [3.63, 3.8) is 0 Å². The maximum absolute atomic E-state index is 12.9. The van der Waals surface area contributed by atoms with Crippen LogP contribution >= 0.6 is 0 Å². The fourth-order valence-electron chi connectivity index (χ4n) is 4.18. The average molecular weight is 481 g/mol. The zero-order chi connectivity index (χ0) is 24.8. The van der Waals surface area contributed by atoms with Gasteiger partial charge < -0.3 is 39.1 Å². The van der Waals surface area contributed by atoms with Gasteiger partial charge in [0.1, 0.15) is 29.7 Å². The lowest BCUT2D eigenvalue weighted by molar-refractivity contribution is -0.384. The van der Waals surface area contributed by atoms with Gasteiger partial charge in [0, 0.05) is 0 Å². The Labute approximate surface area is 195 Å². The second-order valence-corrected chi connectivity index (χ2v) is 9.00. The number of nitro groups is 1. The molecular weight excluding hydrogens is 454 g/mol. The van der Waals surface area contributed by atoms with E-state index in [4.69, 9.17) is 28.4 Å². The number of benzene rings is 1. The summed E-state index contributed by atoms with van der Waals surface area (Å²) in [6.45, 7) is 6.42. The second kappa shape index (κ2) is 8.74. The van der Waals surface area contributed by atoms with Crippen LogP contribution in [0.2, 0.25) is 0 Å². The standard InChI is InChI=1S/C21H27N3O10/c1-20(2)31-14-15(32-20)17-19(34-21(3,4)33-17)30-16(14)18(26)22-9-13(25)23-11-7-6-10(29-5)8-12(11)24(27)28/h6-8,14-17,19H,9H2,1-5H3,(H,22,26)(H,23,25)/t14-,15-,16-,17-,19-/m1/s1. The van der Waals surface area contributed by atoms with Gasteiger partial charge in [0.25, 0.3) is 11.6 Å². The fraction of sp³-hybridized carbons (Fsp3) is 0.619. The molecule has 1 aromatic rings. The van der Waals surface area contributed by atoms with Gasteiger partial charge in [-0.2, -0.15) is 0 Å². The summed E-state index contributed by atoms with van der Waals surface area (Å²) < 4.78 is 34.3. The Balaban J connectivity index is 1.42. The van der Waals surface area contributed by atoms with Gasteiger partial charge in [0.05, 0.1) is 24.6 Å². The maximum atomic E-state index is 12.9. The van der Waals surface area contributed by atoms with Crippen LogP contribution < -0.4 is 15.4 Å². The Bertz CT molecular complexity index is 997. The molecule has 2 N–H and O–H groups in total. The van der Waals surface area contributed by atoms with E-state index in [0.29, 0.717) is 0 Å². The number of nitrogens with zero attached hydrogens (tertiary/aromatic N) is 1. The highest BCUT2D eigenvalue weighted by atomic mass is 16.9. The largest absolute Gasteiger partial charge is 0.496 e. The molecule has 0 bridgehead atoms. The van der Waals surface area contributed by atoms with E-state index in [2.05, 4.69) is 10.6 Å². The molecule has 5 atom stereocenters. The molecule has 13 heteroatoms. The van der Waals surface area contributed by atoms with Crippen molar-refractivity contribution in [2.45, 2.75) is 70.0 Å². The molecule has 0 radical (unpaired) electrons. The number of nitro benzene ring substituents is 1. The van der Waals surface area contributed by atoms with Crippen molar-refractivity contribution in [3.8, 4) is 5.75 Å². The molecule has 3 saturated heterocycles. The molecule has 3 aliphatic rings. The van der Waals surface area contributed by atoms with Crippen molar-refractivity contribution in [1.29, 1.82) is 0 Å². The highest BCUT2D eigenvalue weighted by Crippen LogP contribution is 2.44. The summed E-state index contributed by atoms with van der Waals surface area (Å²) in [7, 11) is 1.37. The first-order valence-corrected chi connectivity index (χ1v) is 10.7. The molecule has 186 valence electrons. The van der Waals surface area contributed by atoms with Crippen molar-refractivity contribution in [2.24, 2.45) is 0 Å². The number of ether oxygens (including phenoxy) is 6. The normalized spacial score (nSPS) is 30.7. The Morgan fingerprint density at radius 3 is 2.38 bits per heavy atom. The number of methoxy groups -OCH3 is 1. The predicted octanol–water partition coefficient (Wildman–Crippen LogP) is 1.05. The topological polar surface area (TPSA) is 157 Å². The molecule has 1 aromatic carbocycles. The number of carbonyl (C=O) groups excluding carboxylic acids is 2. The van der Waals surface area contributed by atoms with Gasteiger partial charge in [-0.3, -0.25) is 19.7 Å². The van der Waals surface area contributed by atoms with Crippen molar-refractivity contribution in [1.82, 2.24) is 5.32 Å². The first-order chi connectivity index (χ1) is 15.9. The molecular formula is C21H27N3O10. The third-order valence-corrected chi connectivity index (χ3v) is 5.51. The van der Waals surface area contributed by atoms with E-state index in [1.54, 1.807) is 27.7 Å². The lowest BCUT2D eigenvalue weighted by atomic mass is 9.98. The van der Waals surface area contributed by atoms with E-state index < -0.39 is 65.6 Å². The van der Waals surface area contributed by atoms with Gasteiger partial charge in [-0.15, -0.1) is 0 Å². The average Bonchev–Trinajstić information content (AvgIpc) is 3.25. The van der Waals surface area contributed by atoms with Crippen LogP contribution in [-0.4, -0.2) is 72.7 Å². The summed E-state index contributed by atoms with van der Waals surface area (Å²) in [4.78, 5) is 36.0. The van der Waals surface area contributed by atoms with Gasteiger partial charge in [0.15, 0.2) is 24.0 Å². The molecule has 34 heavy (non-hydrogen) atoms. The minimum Gasteiger partial charge on any atom is -0.496 e. The number of carbonyl (C=O) groups is 2. The van der Waals surface area contributed by atoms with Crippen LogP contribution in [0.3, 0.4) is 0 Å². The van der Waals surface area contributed by atoms with E-state index in [1.165, 1.54) is 25.3 Å².